The molecular weight excluding hydrogens is 316 g/mol. The Morgan fingerprint density at radius 2 is 2.04 bits per heavy atom. The van der Waals surface area contributed by atoms with Gasteiger partial charge >= 0.3 is 0 Å². The van der Waals surface area contributed by atoms with Crippen LogP contribution in [-0.4, -0.2) is 63.3 Å². The van der Waals surface area contributed by atoms with E-state index in [4.69, 9.17) is 9.15 Å². The van der Waals surface area contributed by atoms with Gasteiger partial charge < -0.3 is 19.8 Å². The van der Waals surface area contributed by atoms with Gasteiger partial charge in [0.15, 0.2) is 5.96 Å². The number of fused-ring (bicyclic) bond motifs is 1. The fourth-order valence-corrected chi connectivity index (χ4v) is 2.93. The van der Waals surface area contributed by atoms with Gasteiger partial charge in [-0.3, -0.25) is 9.89 Å². The van der Waals surface area contributed by atoms with Crippen molar-refractivity contribution in [1.82, 2.24) is 15.5 Å². The molecule has 1 aliphatic rings. The molecule has 0 aliphatic carbocycles. The Morgan fingerprint density at radius 3 is 2.84 bits per heavy atom. The molecule has 0 radical (unpaired) electrons. The number of morpholine rings is 1. The van der Waals surface area contributed by atoms with E-state index in [1.807, 2.05) is 18.2 Å². The number of nitrogens with one attached hydrogen (secondary N) is 2. The van der Waals surface area contributed by atoms with Crippen molar-refractivity contribution in [3.8, 4) is 0 Å². The zero-order valence-corrected chi connectivity index (χ0v) is 15.0. The summed E-state index contributed by atoms with van der Waals surface area (Å²) in [5.74, 6) is 1.87. The summed E-state index contributed by atoms with van der Waals surface area (Å²) >= 11 is 0. The van der Waals surface area contributed by atoms with E-state index in [1.54, 1.807) is 0 Å². The highest BCUT2D eigenvalue weighted by Gasteiger charge is 2.09. The lowest BCUT2D eigenvalue weighted by Crippen LogP contribution is -2.40. The Labute approximate surface area is 149 Å². The van der Waals surface area contributed by atoms with Crippen molar-refractivity contribution in [3.05, 3.63) is 36.1 Å². The summed E-state index contributed by atoms with van der Waals surface area (Å²) in [6.07, 6.45) is 0.836. The number of ether oxygens (including phenoxy) is 1. The van der Waals surface area contributed by atoms with Crippen LogP contribution in [0.5, 0.6) is 0 Å². The average molecular weight is 344 g/mol. The third kappa shape index (κ3) is 5.47. The zero-order chi connectivity index (χ0) is 17.3. The molecule has 0 bridgehead atoms. The van der Waals surface area contributed by atoms with Crippen LogP contribution in [0.25, 0.3) is 11.0 Å². The molecule has 1 aromatic heterocycles. The van der Waals surface area contributed by atoms with Crippen LogP contribution in [0.3, 0.4) is 0 Å². The van der Waals surface area contributed by atoms with Gasteiger partial charge in [-0.2, -0.15) is 0 Å². The molecule has 0 spiro atoms. The molecule has 0 saturated carbocycles. The van der Waals surface area contributed by atoms with Crippen molar-refractivity contribution in [2.45, 2.75) is 13.3 Å². The number of guanidine groups is 1. The minimum absolute atomic E-state index is 0.792. The van der Waals surface area contributed by atoms with Crippen LogP contribution in [-0.2, 0) is 11.2 Å². The lowest BCUT2D eigenvalue weighted by molar-refractivity contribution is 0.0394. The first kappa shape index (κ1) is 17.8. The van der Waals surface area contributed by atoms with E-state index in [9.17, 15) is 0 Å². The first-order valence-electron chi connectivity index (χ1n) is 9.15. The van der Waals surface area contributed by atoms with Crippen LogP contribution >= 0.6 is 0 Å². The predicted molar refractivity (Wildman–Crippen MR) is 101 cm³/mol. The van der Waals surface area contributed by atoms with Gasteiger partial charge in [0.25, 0.3) is 0 Å². The maximum atomic E-state index is 5.85. The Balaban J connectivity index is 1.44. The van der Waals surface area contributed by atoms with Crippen LogP contribution in [0.2, 0.25) is 0 Å². The summed E-state index contributed by atoms with van der Waals surface area (Å²) in [6.45, 7) is 9.18. The van der Waals surface area contributed by atoms with Crippen molar-refractivity contribution in [2.24, 2.45) is 4.99 Å². The van der Waals surface area contributed by atoms with E-state index in [2.05, 4.69) is 39.6 Å². The van der Waals surface area contributed by atoms with E-state index < -0.39 is 0 Å². The number of benzene rings is 1. The lowest BCUT2D eigenvalue weighted by atomic mass is 10.2. The molecule has 0 atom stereocenters. The number of para-hydroxylation sites is 1. The molecule has 25 heavy (non-hydrogen) atoms. The number of aliphatic imine (C=N–C) groups is 1. The minimum Gasteiger partial charge on any atom is -0.461 e. The third-order valence-electron chi connectivity index (χ3n) is 4.27. The van der Waals surface area contributed by atoms with Gasteiger partial charge in [0.2, 0.25) is 0 Å². The van der Waals surface area contributed by atoms with Crippen molar-refractivity contribution >= 4 is 16.9 Å². The number of furan rings is 1. The lowest BCUT2D eigenvalue weighted by Gasteiger charge is -2.25. The fourth-order valence-electron chi connectivity index (χ4n) is 2.93. The number of hydrogen-bond donors (Lipinski definition) is 2. The maximum absolute atomic E-state index is 5.85. The van der Waals surface area contributed by atoms with E-state index in [1.165, 1.54) is 0 Å². The molecule has 1 fully saturated rings. The van der Waals surface area contributed by atoms with Crippen LogP contribution < -0.4 is 10.6 Å². The molecule has 2 N–H and O–H groups in total. The zero-order valence-electron chi connectivity index (χ0n) is 15.0. The molecule has 1 aromatic carbocycles. The van der Waals surface area contributed by atoms with Crippen LogP contribution in [0, 0.1) is 0 Å². The molecule has 2 aromatic rings. The van der Waals surface area contributed by atoms with Crippen molar-refractivity contribution in [3.63, 3.8) is 0 Å². The monoisotopic (exact) mass is 344 g/mol. The average Bonchev–Trinajstić information content (AvgIpc) is 3.05. The minimum atomic E-state index is 0.792. The molecular formula is C19H28N4O2. The second-order valence-electron chi connectivity index (χ2n) is 6.14. The third-order valence-corrected chi connectivity index (χ3v) is 4.27. The Hall–Kier alpha value is -2.05. The summed E-state index contributed by atoms with van der Waals surface area (Å²) in [6, 6.07) is 10.2. The highest BCUT2D eigenvalue weighted by atomic mass is 16.5. The van der Waals surface area contributed by atoms with Crippen molar-refractivity contribution in [2.75, 3.05) is 52.5 Å². The molecule has 1 saturated heterocycles. The van der Waals surface area contributed by atoms with E-state index in [-0.39, 0.29) is 0 Å². The summed E-state index contributed by atoms with van der Waals surface area (Å²) in [7, 11) is 0. The number of nitrogens with zero attached hydrogens (tertiary/aromatic N) is 2. The predicted octanol–water partition coefficient (Wildman–Crippen LogP) is 1.86. The van der Waals surface area contributed by atoms with Crippen molar-refractivity contribution < 1.29 is 9.15 Å². The normalized spacial score (nSPS) is 16.3. The molecule has 3 rings (SSSR count). The largest absolute Gasteiger partial charge is 0.461 e. The standard InChI is InChI=1S/C19H28N4O2/c1-2-20-19(22-9-10-23-11-13-24-14-12-23)21-8-7-17-15-16-5-3-4-6-18(16)25-17/h3-6,15H,2,7-14H2,1H3,(H2,20,21,22). The van der Waals surface area contributed by atoms with Gasteiger partial charge in [0, 0.05) is 44.5 Å². The second kappa shape index (κ2) is 9.44. The smallest absolute Gasteiger partial charge is 0.191 e. The summed E-state index contributed by atoms with van der Waals surface area (Å²) in [5.41, 5.74) is 0.948. The van der Waals surface area contributed by atoms with Gasteiger partial charge in [0.05, 0.1) is 19.8 Å². The van der Waals surface area contributed by atoms with E-state index >= 15 is 0 Å². The summed E-state index contributed by atoms with van der Waals surface area (Å²) in [4.78, 5) is 7.06. The molecule has 6 nitrogen and oxygen atoms in total. The second-order valence-corrected chi connectivity index (χ2v) is 6.14. The highest BCUT2D eigenvalue weighted by Crippen LogP contribution is 2.18. The van der Waals surface area contributed by atoms with Crippen LogP contribution in [0.4, 0.5) is 0 Å². The molecule has 2 heterocycles. The summed E-state index contributed by atoms with van der Waals surface area (Å²) < 4.78 is 11.2. The molecule has 6 heteroatoms. The maximum Gasteiger partial charge on any atom is 0.191 e. The number of rotatable bonds is 7. The van der Waals surface area contributed by atoms with Crippen LogP contribution in [0.1, 0.15) is 12.7 Å². The molecule has 0 unspecified atom stereocenters. The Bertz CT molecular complexity index is 644. The fraction of sp³-hybridized carbons (Fsp3) is 0.526. The van der Waals surface area contributed by atoms with Gasteiger partial charge in [-0.15, -0.1) is 0 Å². The van der Waals surface area contributed by atoms with Gasteiger partial charge in [0.1, 0.15) is 11.3 Å². The summed E-state index contributed by atoms with van der Waals surface area (Å²) in [5, 5.41) is 7.84. The van der Waals surface area contributed by atoms with Gasteiger partial charge in [-0.05, 0) is 19.1 Å². The Kier molecular flexibility index (Phi) is 6.71. The van der Waals surface area contributed by atoms with Gasteiger partial charge in [-0.1, -0.05) is 18.2 Å². The number of hydrogen-bond acceptors (Lipinski definition) is 4. The van der Waals surface area contributed by atoms with Gasteiger partial charge in [-0.25, -0.2) is 0 Å². The van der Waals surface area contributed by atoms with E-state index in [0.717, 1.165) is 81.6 Å². The molecule has 1 aliphatic heterocycles. The van der Waals surface area contributed by atoms with Crippen LogP contribution in [0.15, 0.2) is 39.7 Å². The topological polar surface area (TPSA) is 62.0 Å². The van der Waals surface area contributed by atoms with Crippen molar-refractivity contribution in [1.29, 1.82) is 0 Å². The molecule has 0 amide bonds. The Morgan fingerprint density at radius 1 is 1.20 bits per heavy atom. The highest BCUT2D eigenvalue weighted by molar-refractivity contribution is 5.80. The SMILES string of the molecule is CCNC(=NCCN1CCOCC1)NCCc1cc2ccccc2o1. The molecule has 136 valence electrons. The first-order valence-corrected chi connectivity index (χ1v) is 9.15. The first-order chi connectivity index (χ1) is 12.3. The quantitative estimate of drug-likeness (QED) is 0.593. The van der Waals surface area contributed by atoms with E-state index in [0.29, 0.717) is 0 Å².